The second-order valence-electron chi connectivity index (χ2n) is 5.02. The molecule has 1 aromatic heterocycles. The molecule has 1 atom stereocenters. The normalized spacial score (nSPS) is 19.2. The summed E-state index contributed by atoms with van der Waals surface area (Å²) in [5.74, 6) is -0.107. The Morgan fingerprint density at radius 1 is 1.40 bits per heavy atom. The third-order valence-electron chi connectivity index (χ3n) is 3.61. The molecule has 1 aliphatic rings. The molecule has 1 fully saturated rings. The van der Waals surface area contributed by atoms with Gasteiger partial charge in [0.1, 0.15) is 5.58 Å². The van der Waals surface area contributed by atoms with Crippen LogP contribution in [0.2, 0.25) is 0 Å². The van der Waals surface area contributed by atoms with Crippen LogP contribution < -0.4 is 10.7 Å². The molecule has 0 radical (unpaired) electrons. The number of amides is 1. The average Bonchev–Trinajstić information content (AvgIpc) is 2.47. The summed E-state index contributed by atoms with van der Waals surface area (Å²) in [5.41, 5.74) is 0.268. The van der Waals surface area contributed by atoms with Crippen LogP contribution in [0.3, 0.4) is 0 Å². The molecule has 5 nitrogen and oxygen atoms in total. The summed E-state index contributed by atoms with van der Waals surface area (Å²) in [6.07, 6.45) is 0. The minimum Gasteiger partial charge on any atom is -0.451 e. The van der Waals surface area contributed by atoms with Crippen molar-refractivity contribution in [2.24, 2.45) is 0 Å². The Labute approximate surface area is 116 Å². The van der Waals surface area contributed by atoms with Gasteiger partial charge in [0.15, 0.2) is 11.2 Å². The maximum absolute atomic E-state index is 12.5. The van der Waals surface area contributed by atoms with Gasteiger partial charge in [0, 0.05) is 31.7 Å². The standard InChI is InChI=1S/C15H16N2O3/c1-10-9-16-6-7-17(10)15(19)14-8-12(18)11-4-2-3-5-13(11)20-14/h2-5,8,10,16H,6-7,9H2,1H3. The lowest BCUT2D eigenvalue weighted by Gasteiger charge is -2.33. The van der Waals surface area contributed by atoms with Crippen LogP contribution in [0.5, 0.6) is 0 Å². The number of para-hydroxylation sites is 1. The van der Waals surface area contributed by atoms with Crippen molar-refractivity contribution in [1.29, 1.82) is 0 Å². The van der Waals surface area contributed by atoms with Gasteiger partial charge in [-0.3, -0.25) is 9.59 Å². The Kier molecular flexibility index (Phi) is 3.28. The topological polar surface area (TPSA) is 62.6 Å². The summed E-state index contributed by atoms with van der Waals surface area (Å²) in [4.78, 5) is 26.2. The Bertz CT molecular complexity index is 708. The molecular weight excluding hydrogens is 256 g/mol. The molecule has 2 heterocycles. The highest BCUT2D eigenvalue weighted by Crippen LogP contribution is 2.15. The molecule has 1 saturated heterocycles. The molecule has 20 heavy (non-hydrogen) atoms. The first-order chi connectivity index (χ1) is 9.66. The quantitative estimate of drug-likeness (QED) is 0.848. The molecule has 0 saturated carbocycles. The van der Waals surface area contributed by atoms with Gasteiger partial charge in [-0.2, -0.15) is 0 Å². The van der Waals surface area contributed by atoms with Crippen LogP contribution in [0.15, 0.2) is 39.5 Å². The summed E-state index contributed by atoms with van der Waals surface area (Å²) >= 11 is 0. The lowest BCUT2D eigenvalue weighted by atomic mass is 10.2. The van der Waals surface area contributed by atoms with Crippen molar-refractivity contribution in [3.8, 4) is 0 Å². The minimum absolute atomic E-state index is 0.0908. The molecule has 0 aliphatic carbocycles. The maximum Gasteiger partial charge on any atom is 0.290 e. The summed E-state index contributed by atoms with van der Waals surface area (Å²) in [6, 6.07) is 8.34. The van der Waals surface area contributed by atoms with Crippen LogP contribution in [0.4, 0.5) is 0 Å². The highest BCUT2D eigenvalue weighted by atomic mass is 16.3. The first-order valence-electron chi connectivity index (χ1n) is 6.71. The van der Waals surface area contributed by atoms with Gasteiger partial charge in [0.05, 0.1) is 5.39 Å². The highest BCUT2D eigenvalue weighted by Gasteiger charge is 2.26. The zero-order valence-corrected chi connectivity index (χ0v) is 11.3. The van der Waals surface area contributed by atoms with Gasteiger partial charge in [-0.1, -0.05) is 12.1 Å². The van der Waals surface area contributed by atoms with E-state index < -0.39 is 0 Å². The smallest absolute Gasteiger partial charge is 0.290 e. The molecule has 5 heteroatoms. The number of piperazine rings is 1. The van der Waals surface area contributed by atoms with E-state index in [0.29, 0.717) is 17.5 Å². The van der Waals surface area contributed by atoms with E-state index in [1.54, 1.807) is 29.2 Å². The molecule has 1 aromatic carbocycles. The predicted molar refractivity (Wildman–Crippen MR) is 75.9 cm³/mol. The van der Waals surface area contributed by atoms with Gasteiger partial charge in [0.2, 0.25) is 0 Å². The number of benzene rings is 1. The second-order valence-corrected chi connectivity index (χ2v) is 5.02. The third-order valence-corrected chi connectivity index (χ3v) is 3.61. The largest absolute Gasteiger partial charge is 0.451 e. The van der Waals surface area contributed by atoms with Crippen molar-refractivity contribution in [2.75, 3.05) is 19.6 Å². The van der Waals surface area contributed by atoms with Crippen molar-refractivity contribution in [2.45, 2.75) is 13.0 Å². The summed E-state index contributed by atoms with van der Waals surface area (Å²) < 4.78 is 5.59. The first kappa shape index (κ1) is 12.9. The fourth-order valence-electron chi connectivity index (χ4n) is 2.49. The molecule has 0 bridgehead atoms. The van der Waals surface area contributed by atoms with E-state index in [0.717, 1.165) is 13.1 Å². The Morgan fingerprint density at radius 3 is 3.00 bits per heavy atom. The van der Waals surface area contributed by atoms with Crippen LogP contribution in [-0.2, 0) is 0 Å². The van der Waals surface area contributed by atoms with E-state index in [4.69, 9.17) is 4.42 Å². The monoisotopic (exact) mass is 272 g/mol. The molecule has 1 aliphatic heterocycles. The Balaban J connectivity index is 2.01. The van der Waals surface area contributed by atoms with Crippen LogP contribution in [0.25, 0.3) is 11.0 Å². The molecule has 1 unspecified atom stereocenters. The van der Waals surface area contributed by atoms with Crippen LogP contribution in [-0.4, -0.2) is 36.5 Å². The number of carbonyl (C=O) groups excluding carboxylic acids is 1. The number of rotatable bonds is 1. The van der Waals surface area contributed by atoms with Crippen molar-refractivity contribution < 1.29 is 9.21 Å². The SMILES string of the molecule is CC1CNCCN1C(=O)c1cc(=O)c2ccccc2o1. The van der Waals surface area contributed by atoms with Crippen molar-refractivity contribution >= 4 is 16.9 Å². The number of fused-ring (bicyclic) bond motifs is 1. The van der Waals surface area contributed by atoms with Crippen LogP contribution in [0, 0.1) is 0 Å². The van der Waals surface area contributed by atoms with Gasteiger partial charge < -0.3 is 14.6 Å². The average molecular weight is 272 g/mol. The molecule has 104 valence electrons. The zero-order valence-electron chi connectivity index (χ0n) is 11.3. The van der Waals surface area contributed by atoms with E-state index in [9.17, 15) is 9.59 Å². The van der Waals surface area contributed by atoms with Crippen LogP contribution >= 0.6 is 0 Å². The van der Waals surface area contributed by atoms with E-state index in [2.05, 4.69) is 5.32 Å². The predicted octanol–water partition coefficient (Wildman–Crippen LogP) is 1.23. The lowest BCUT2D eigenvalue weighted by molar-refractivity contribution is 0.0623. The van der Waals surface area contributed by atoms with Gasteiger partial charge in [-0.05, 0) is 19.1 Å². The number of nitrogens with one attached hydrogen (secondary N) is 1. The highest BCUT2D eigenvalue weighted by molar-refractivity contribution is 5.93. The van der Waals surface area contributed by atoms with Crippen molar-refractivity contribution in [3.63, 3.8) is 0 Å². The second kappa shape index (κ2) is 5.09. The molecule has 3 rings (SSSR count). The first-order valence-corrected chi connectivity index (χ1v) is 6.71. The minimum atomic E-state index is -0.221. The van der Waals surface area contributed by atoms with E-state index in [-0.39, 0.29) is 23.1 Å². The molecule has 0 spiro atoms. The van der Waals surface area contributed by atoms with Gasteiger partial charge >= 0.3 is 0 Å². The van der Waals surface area contributed by atoms with Gasteiger partial charge in [0.25, 0.3) is 5.91 Å². The molecule has 1 N–H and O–H groups in total. The number of hydrogen-bond acceptors (Lipinski definition) is 4. The third kappa shape index (κ3) is 2.20. The lowest BCUT2D eigenvalue weighted by Crippen LogP contribution is -2.52. The number of nitrogens with zero attached hydrogens (tertiary/aromatic N) is 1. The van der Waals surface area contributed by atoms with E-state index in [1.165, 1.54) is 6.07 Å². The fourth-order valence-corrected chi connectivity index (χ4v) is 2.49. The van der Waals surface area contributed by atoms with Crippen molar-refractivity contribution in [3.05, 3.63) is 46.3 Å². The zero-order chi connectivity index (χ0) is 14.1. The molecule has 1 amide bonds. The summed E-state index contributed by atoms with van der Waals surface area (Å²) in [7, 11) is 0. The summed E-state index contributed by atoms with van der Waals surface area (Å²) in [5, 5.41) is 3.72. The summed E-state index contributed by atoms with van der Waals surface area (Å²) in [6.45, 7) is 4.11. The molecular formula is C15H16N2O3. The van der Waals surface area contributed by atoms with Crippen molar-refractivity contribution in [1.82, 2.24) is 10.2 Å². The van der Waals surface area contributed by atoms with E-state index in [1.807, 2.05) is 6.92 Å². The Hall–Kier alpha value is -2.14. The number of hydrogen-bond donors (Lipinski definition) is 1. The van der Waals surface area contributed by atoms with Gasteiger partial charge in [-0.25, -0.2) is 0 Å². The van der Waals surface area contributed by atoms with Crippen LogP contribution in [0.1, 0.15) is 17.5 Å². The maximum atomic E-state index is 12.5. The fraction of sp³-hybridized carbons (Fsp3) is 0.333. The van der Waals surface area contributed by atoms with E-state index >= 15 is 0 Å². The van der Waals surface area contributed by atoms with Gasteiger partial charge in [-0.15, -0.1) is 0 Å². The number of carbonyl (C=O) groups is 1. The molecule has 2 aromatic rings. The Morgan fingerprint density at radius 2 is 2.20 bits per heavy atom.